The van der Waals surface area contributed by atoms with Gasteiger partial charge in [0.15, 0.2) is 0 Å². The van der Waals surface area contributed by atoms with Gasteiger partial charge in [0.25, 0.3) is 0 Å². The second-order valence-corrected chi connectivity index (χ2v) is 7.69. The van der Waals surface area contributed by atoms with E-state index < -0.39 is 18.3 Å². The van der Waals surface area contributed by atoms with E-state index in [-0.39, 0.29) is 0 Å². The first-order chi connectivity index (χ1) is 15.3. The van der Waals surface area contributed by atoms with E-state index in [1.54, 1.807) is 0 Å². The van der Waals surface area contributed by atoms with Crippen LogP contribution in [0.4, 0.5) is 0 Å². The number of aliphatic hydroxyl groups is 1. The van der Waals surface area contributed by atoms with Crippen molar-refractivity contribution in [3.8, 4) is 0 Å². The number of benzene rings is 3. The molecule has 0 saturated heterocycles. The molecule has 1 N–H and O–H groups in total. The number of ether oxygens (including phenoxy) is 3. The molecule has 0 aromatic heterocycles. The van der Waals surface area contributed by atoms with E-state index in [0.29, 0.717) is 26.4 Å². The normalized spacial score (nSPS) is 20.5. The third-order valence-electron chi connectivity index (χ3n) is 5.33. The zero-order chi connectivity index (χ0) is 21.3. The molecule has 0 radical (unpaired) electrons. The molecular weight excluding hydrogens is 388 g/mol. The van der Waals surface area contributed by atoms with Crippen molar-refractivity contribution in [2.75, 3.05) is 6.61 Å². The lowest BCUT2D eigenvalue weighted by atomic mass is 10.1. The predicted molar refractivity (Wildman–Crippen MR) is 120 cm³/mol. The van der Waals surface area contributed by atoms with E-state index in [1.165, 1.54) is 0 Å². The number of hydrogen-bond donors (Lipinski definition) is 1. The molecule has 1 aliphatic rings. The highest BCUT2D eigenvalue weighted by Gasteiger charge is 2.37. The van der Waals surface area contributed by atoms with E-state index in [4.69, 9.17) is 14.2 Å². The van der Waals surface area contributed by atoms with Crippen LogP contribution in [0.25, 0.3) is 0 Å². The zero-order valence-electron chi connectivity index (χ0n) is 17.5. The van der Waals surface area contributed by atoms with Crippen molar-refractivity contribution >= 4 is 0 Å². The molecule has 1 aliphatic carbocycles. The van der Waals surface area contributed by atoms with Gasteiger partial charge in [-0.05, 0) is 28.3 Å². The van der Waals surface area contributed by atoms with Crippen LogP contribution < -0.4 is 0 Å². The maximum Gasteiger partial charge on any atom is 0.114 e. The first-order valence-electron chi connectivity index (χ1n) is 10.6. The molecule has 0 unspecified atom stereocenters. The van der Waals surface area contributed by atoms with Gasteiger partial charge in [-0.2, -0.15) is 0 Å². The molecule has 4 rings (SSSR count). The van der Waals surface area contributed by atoms with Crippen LogP contribution in [0.2, 0.25) is 0 Å². The van der Waals surface area contributed by atoms with Crippen LogP contribution in [0.1, 0.15) is 16.7 Å². The van der Waals surface area contributed by atoms with Crippen LogP contribution in [0.3, 0.4) is 0 Å². The summed E-state index contributed by atoms with van der Waals surface area (Å²) in [5.74, 6) is 0. The summed E-state index contributed by atoms with van der Waals surface area (Å²) in [5, 5.41) is 10.9. The lowest BCUT2D eigenvalue weighted by Crippen LogP contribution is -2.35. The first-order valence-corrected chi connectivity index (χ1v) is 10.6. The van der Waals surface area contributed by atoms with Crippen LogP contribution in [0.5, 0.6) is 0 Å². The molecule has 0 amide bonds. The van der Waals surface area contributed by atoms with Crippen LogP contribution in [0, 0.1) is 0 Å². The number of rotatable bonds is 10. The molecule has 4 heteroatoms. The van der Waals surface area contributed by atoms with Crippen molar-refractivity contribution in [1.82, 2.24) is 0 Å². The fraction of sp³-hybridized carbons (Fsp3) is 0.259. The minimum Gasteiger partial charge on any atom is -0.387 e. The van der Waals surface area contributed by atoms with E-state index in [1.807, 2.05) is 97.1 Å². The fourth-order valence-corrected chi connectivity index (χ4v) is 3.67. The average molecular weight is 417 g/mol. The van der Waals surface area contributed by atoms with Gasteiger partial charge in [0, 0.05) is 0 Å². The second kappa shape index (κ2) is 11.0. The molecule has 31 heavy (non-hydrogen) atoms. The highest BCUT2D eigenvalue weighted by molar-refractivity contribution is 5.25. The third kappa shape index (κ3) is 6.12. The Labute approximate surface area is 183 Å². The lowest BCUT2D eigenvalue weighted by molar-refractivity contribution is -0.0804. The zero-order valence-corrected chi connectivity index (χ0v) is 17.5. The lowest BCUT2D eigenvalue weighted by Gasteiger charge is -2.23. The van der Waals surface area contributed by atoms with Crippen molar-refractivity contribution in [3.05, 3.63) is 119 Å². The van der Waals surface area contributed by atoms with Crippen molar-refractivity contribution in [2.24, 2.45) is 0 Å². The highest BCUT2D eigenvalue weighted by Crippen LogP contribution is 2.28. The molecule has 0 spiro atoms. The van der Waals surface area contributed by atoms with Gasteiger partial charge in [-0.1, -0.05) is 91.0 Å². The van der Waals surface area contributed by atoms with Gasteiger partial charge in [0.1, 0.15) is 18.3 Å². The van der Waals surface area contributed by atoms with Crippen LogP contribution in [-0.2, 0) is 34.0 Å². The maximum absolute atomic E-state index is 10.9. The Morgan fingerprint density at radius 1 is 0.581 bits per heavy atom. The van der Waals surface area contributed by atoms with Gasteiger partial charge in [0.05, 0.1) is 26.4 Å². The van der Waals surface area contributed by atoms with E-state index in [0.717, 1.165) is 22.3 Å². The molecule has 0 fully saturated rings. The van der Waals surface area contributed by atoms with Crippen molar-refractivity contribution in [3.63, 3.8) is 0 Å². The summed E-state index contributed by atoms with van der Waals surface area (Å²) in [6.07, 6.45) is 0.282. The van der Waals surface area contributed by atoms with Gasteiger partial charge < -0.3 is 19.3 Å². The summed E-state index contributed by atoms with van der Waals surface area (Å²) in [4.78, 5) is 0. The summed E-state index contributed by atoms with van der Waals surface area (Å²) in [7, 11) is 0. The van der Waals surface area contributed by atoms with E-state index >= 15 is 0 Å². The Balaban J connectivity index is 1.39. The quantitative estimate of drug-likeness (QED) is 0.488. The minimum absolute atomic E-state index is 0.386. The van der Waals surface area contributed by atoms with Gasteiger partial charge in [-0.3, -0.25) is 0 Å². The predicted octanol–water partition coefficient (Wildman–Crippen LogP) is 4.67. The Kier molecular flexibility index (Phi) is 7.64. The molecule has 0 aliphatic heterocycles. The molecular formula is C27H28O4. The Bertz CT molecular complexity index is 941. The Morgan fingerprint density at radius 3 is 1.61 bits per heavy atom. The summed E-state index contributed by atoms with van der Waals surface area (Å²) in [5.41, 5.74) is 4.16. The number of aliphatic hydroxyl groups excluding tert-OH is 1. The van der Waals surface area contributed by atoms with Crippen LogP contribution in [0.15, 0.2) is 103 Å². The first kappa shape index (κ1) is 21.5. The molecule has 3 aromatic carbocycles. The van der Waals surface area contributed by atoms with Crippen LogP contribution >= 0.6 is 0 Å². The molecule has 4 nitrogen and oxygen atoms in total. The molecule has 3 aromatic rings. The summed E-state index contributed by atoms with van der Waals surface area (Å²) < 4.78 is 18.1. The van der Waals surface area contributed by atoms with Crippen molar-refractivity contribution < 1.29 is 19.3 Å². The Morgan fingerprint density at radius 2 is 1.06 bits per heavy atom. The van der Waals surface area contributed by atoms with Crippen molar-refractivity contribution in [1.29, 1.82) is 0 Å². The molecule has 0 heterocycles. The van der Waals surface area contributed by atoms with Crippen molar-refractivity contribution in [2.45, 2.75) is 38.1 Å². The largest absolute Gasteiger partial charge is 0.387 e. The smallest absolute Gasteiger partial charge is 0.114 e. The third-order valence-corrected chi connectivity index (χ3v) is 5.33. The second-order valence-electron chi connectivity index (χ2n) is 7.69. The average Bonchev–Trinajstić information content (AvgIpc) is 3.12. The topological polar surface area (TPSA) is 47.9 Å². The summed E-state index contributed by atoms with van der Waals surface area (Å²) in [6.45, 7) is 1.75. The van der Waals surface area contributed by atoms with Crippen LogP contribution in [-0.4, -0.2) is 30.0 Å². The van der Waals surface area contributed by atoms with Gasteiger partial charge >= 0.3 is 0 Å². The molecule has 160 valence electrons. The van der Waals surface area contributed by atoms with Gasteiger partial charge in [0.2, 0.25) is 0 Å². The SMILES string of the molecule is O[C@H]1[C@@H](OCc2ccccc2)C=C(COCc2ccccc2)[C@H]1OCc1ccccc1. The maximum atomic E-state index is 10.9. The standard InChI is InChI=1S/C27H28O4/c28-26-25(30-18-22-12-6-2-7-13-22)16-24(20-29-17-21-10-4-1-5-11-21)27(26)31-19-23-14-8-3-9-15-23/h1-16,25-28H,17-20H2/t25-,26-,27+/m0/s1. The highest BCUT2D eigenvalue weighted by atomic mass is 16.5. The number of hydrogen-bond acceptors (Lipinski definition) is 4. The summed E-state index contributed by atoms with van der Waals surface area (Å²) >= 11 is 0. The van der Waals surface area contributed by atoms with Gasteiger partial charge in [-0.25, -0.2) is 0 Å². The monoisotopic (exact) mass is 416 g/mol. The fourth-order valence-electron chi connectivity index (χ4n) is 3.67. The van der Waals surface area contributed by atoms with Gasteiger partial charge in [-0.15, -0.1) is 0 Å². The molecule has 0 bridgehead atoms. The minimum atomic E-state index is -0.775. The van der Waals surface area contributed by atoms with E-state index in [2.05, 4.69) is 0 Å². The molecule has 3 atom stereocenters. The summed E-state index contributed by atoms with van der Waals surface area (Å²) in [6, 6.07) is 30.0. The Hall–Kier alpha value is -2.76. The van der Waals surface area contributed by atoms with E-state index in [9.17, 15) is 5.11 Å². The molecule has 0 saturated carbocycles.